The number of pyridine rings is 2. The van der Waals surface area contributed by atoms with E-state index in [0.29, 0.717) is 11.3 Å². The van der Waals surface area contributed by atoms with Gasteiger partial charge in [0.05, 0.1) is 10.7 Å². The zero-order valence-electron chi connectivity index (χ0n) is 11.6. The van der Waals surface area contributed by atoms with Gasteiger partial charge in [0.15, 0.2) is 5.65 Å². The molecule has 0 spiro atoms. The van der Waals surface area contributed by atoms with Gasteiger partial charge in [-0.05, 0) is 50.2 Å². The standard InChI is InChI=1S/C16H13ClFN3/c1-9-3-5-12-15(7-10(2)20-16(12)19-9)21-11-4-6-14(18)13(17)8-11/h3-8H,1-2H3,(H,19,20,21). The fraction of sp³-hybridized carbons (Fsp3) is 0.125. The molecule has 106 valence electrons. The van der Waals surface area contributed by atoms with E-state index in [0.717, 1.165) is 22.5 Å². The SMILES string of the molecule is Cc1ccc2c(Nc3ccc(F)c(Cl)c3)cc(C)nc2n1. The molecule has 0 fully saturated rings. The molecular weight excluding hydrogens is 289 g/mol. The van der Waals surface area contributed by atoms with Crippen molar-refractivity contribution in [1.29, 1.82) is 0 Å². The number of hydrogen-bond donors (Lipinski definition) is 1. The topological polar surface area (TPSA) is 37.8 Å². The molecule has 1 N–H and O–H groups in total. The molecule has 2 heterocycles. The highest BCUT2D eigenvalue weighted by Crippen LogP contribution is 2.27. The maximum atomic E-state index is 13.2. The van der Waals surface area contributed by atoms with Crippen LogP contribution in [0.15, 0.2) is 36.4 Å². The lowest BCUT2D eigenvalue weighted by Crippen LogP contribution is -1.97. The van der Waals surface area contributed by atoms with Crippen molar-refractivity contribution in [1.82, 2.24) is 9.97 Å². The summed E-state index contributed by atoms with van der Waals surface area (Å²) in [6, 6.07) is 10.4. The van der Waals surface area contributed by atoms with Crippen molar-refractivity contribution in [2.45, 2.75) is 13.8 Å². The van der Waals surface area contributed by atoms with Gasteiger partial charge in [-0.3, -0.25) is 0 Å². The Kier molecular flexibility index (Phi) is 3.47. The minimum Gasteiger partial charge on any atom is -0.355 e. The summed E-state index contributed by atoms with van der Waals surface area (Å²) in [5.74, 6) is -0.435. The molecule has 0 aliphatic carbocycles. The summed E-state index contributed by atoms with van der Waals surface area (Å²) in [7, 11) is 0. The van der Waals surface area contributed by atoms with Gasteiger partial charge < -0.3 is 5.32 Å². The number of hydrogen-bond acceptors (Lipinski definition) is 3. The van der Waals surface area contributed by atoms with Crippen LogP contribution in [0.3, 0.4) is 0 Å². The molecule has 3 aromatic rings. The number of aromatic nitrogens is 2. The summed E-state index contributed by atoms with van der Waals surface area (Å²) < 4.78 is 13.2. The number of benzene rings is 1. The molecule has 0 aliphatic heterocycles. The van der Waals surface area contributed by atoms with Crippen molar-refractivity contribution in [2.24, 2.45) is 0 Å². The van der Waals surface area contributed by atoms with Gasteiger partial charge in [-0.25, -0.2) is 14.4 Å². The molecule has 0 atom stereocenters. The first-order valence-corrected chi connectivity index (χ1v) is 6.88. The summed E-state index contributed by atoms with van der Waals surface area (Å²) in [6.07, 6.45) is 0. The van der Waals surface area contributed by atoms with Crippen LogP contribution in [-0.4, -0.2) is 9.97 Å². The van der Waals surface area contributed by atoms with Crippen LogP contribution in [0, 0.1) is 19.7 Å². The number of nitrogens with zero attached hydrogens (tertiary/aromatic N) is 2. The van der Waals surface area contributed by atoms with Gasteiger partial charge in [0.1, 0.15) is 5.82 Å². The van der Waals surface area contributed by atoms with Crippen LogP contribution < -0.4 is 5.32 Å². The highest BCUT2D eigenvalue weighted by atomic mass is 35.5. The Morgan fingerprint density at radius 2 is 1.76 bits per heavy atom. The first-order chi connectivity index (χ1) is 10.0. The van der Waals surface area contributed by atoms with E-state index in [1.54, 1.807) is 12.1 Å². The second-order valence-corrected chi connectivity index (χ2v) is 5.30. The Bertz CT molecular complexity index is 828. The fourth-order valence-corrected chi connectivity index (χ4v) is 2.34. The van der Waals surface area contributed by atoms with Gasteiger partial charge in [-0.2, -0.15) is 0 Å². The van der Waals surface area contributed by atoms with Crippen LogP contribution >= 0.6 is 11.6 Å². The van der Waals surface area contributed by atoms with Gasteiger partial charge in [0.25, 0.3) is 0 Å². The van der Waals surface area contributed by atoms with E-state index in [9.17, 15) is 4.39 Å². The van der Waals surface area contributed by atoms with Gasteiger partial charge >= 0.3 is 0 Å². The molecule has 0 saturated heterocycles. The average molecular weight is 302 g/mol. The van der Waals surface area contributed by atoms with Crippen molar-refractivity contribution >= 4 is 34.0 Å². The molecule has 0 aliphatic rings. The molecule has 0 saturated carbocycles. The van der Waals surface area contributed by atoms with Crippen molar-refractivity contribution in [3.05, 3.63) is 58.6 Å². The predicted molar refractivity (Wildman–Crippen MR) is 83.7 cm³/mol. The van der Waals surface area contributed by atoms with Crippen LogP contribution in [0.2, 0.25) is 5.02 Å². The molecule has 3 nitrogen and oxygen atoms in total. The van der Waals surface area contributed by atoms with E-state index in [1.807, 2.05) is 32.0 Å². The van der Waals surface area contributed by atoms with Crippen LogP contribution in [0.5, 0.6) is 0 Å². The van der Waals surface area contributed by atoms with Crippen LogP contribution in [-0.2, 0) is 0 Å². The third-order valence-corrected chi connectivity index (χ3v) is 3.43. The van der Waals surface area contributed by atoms with E-state index in [2.05, 4.69) is 15.3 Å². The largest absolute Gasteiger partial charge is 0.355 e. The Morgan fingerprint density at radius 1 is 1.00 bits per heavy atom. The second kappa shape index (κ2) is 5.30. The van der Waals surface area contributed by atoms with E-state index in [4.69, 9.17) is 11.6 Å². The van der Waals surface area contributed by atoms with Crippen molar-refractivity contribution < 1.29 is 4.39 Å². The number of rotatable bonds is 2. The third-order valence-electron chi connectivity index (χ3n) is 3.14. The molecule has 3 rings (SSSR count). The lowest BCUT2D eigenvalue weighted by Gasteiger charge is -2.11. The van der Waals surface area contributed by atoms with Gasteiger partial charge in [-0.15, -0.1) is 0 Å². The van der Waals surface area contributed by atoms with Crippen molar-refractivity contribution in [3.8, 4) is 0 Å². The Hall–Kier alpha value is -2.20. The molecule has 5 heteroatoms. The normalized spacial score (nSPS) is 10.9. The number of aryl methyl sites for hydroxylation is 2. The van der Waals surface area contributed by atoms with E-state index in [-0.39, 0.29) is 5.02 Å². The Morgan fingerprint density at radius 3 is 2.52 bits per heavy atom. The lowest BCUT2D eigenvalue weighted by molar-refractivity contribution is 0.628. The molecule has 2 aromatic heterocycles. The monoisotopic (exact) mass is 301 g/mol. The van der Waals surface area contributed by atoms with Crippen LogP contribution in [0.25, 0.3) is 11.0 Å². The van der Waals surface area contributed by atoms with E-state index >= 15 is 0 Å². The molecule has 0 amide bonds. The van der Waals surface area contributed by atoms with Crippen molar-refractivity contribution in [2.75, 3.05) is 5.32 Å². The van der Waals surface area contributed by atoms with Crippen LogP contribution in [0.1, 0.15) is 11.4 Å². The first kappa shape index (κ1) is 13.8. The summed E-state index contributed by atoms with van der Waals surface area (Å²) in [5, 5.41) is 4.24. The second-order valence-electron chi connectivity index (χ2n) is 4.89. The first-order valence-electron chi connectivity index (χ1n) is 6.50. The highest BCUT2D eigenvalue weighted by Gasteiger charge is 2.07. The number of halogens is 2. The molecular formula is C16H13ClFN3. The fourth-order valence-electron chi connectivity index (χ4n) is 2.16. The third kappa shape index (κ3) is 2.81. The molecule has 0 bridgehead atoms. The number of anilines is 2. The van der Waals surface area contributed by atoms with Crippen LogP contribution in [0.4, 0.5) is 15.8 Å². The Balaban J connectivity index is 2.09. The van der Waals surface area contributed by atoms with Gasteiger partial charge in [-0.1, -0.05) is 11.6 Å². The summed E-state index contributed by atoms with van der Waals surface area (Å²) >= 11 is 5.81. The zero-order valence-corrected chi connectivity index (χ0v) is 12.4. The van der Waals surface area contributed by atoms with Gasteiger partial charge in [0, 0.05) is 22.5 Å². The number of fused-ring (bicyclic) bond motifs is 1. The summed E-state index contributed by atoms with van der Waals surface area (Å²) in [5.41, 5.74) is 4.04. The highest BCUT2D eigenvalue weighted by molar-refractivity contribution is 6.31. The number of nitrogens with one attached hydrogen (secondary N) is 1. The quantitative estimate of drug-likeness (QED) is 0.740. The molecule has 21 heavy (non-hydrogen) atoms. The molecule has 0 unspecified atom stereocenters. The predicted octanol–water partition coefficient (Wildman–Crippen LogP) is 4.78. The van der Waals surface area contributed by atoms with Gasteiger partial charge in [0.2, 0.25) is 0 Å². The maximum Gasteiger partial charge on any atom is 0.161 e. The van der Waals surface area contributed by atoms with Crippen molar-refractivity contribution in [3.63, 3.8) is 0 Å². The average Bonchev–Trinajstić information content (AvgIpc) is 2.42. The molecule has 1 aromatic carbocycles. The minimum absolute atomic E-state index is 0.0871. The maximum absolute atomic E-state index is 13.2. The zero-order chi connectivity index (χ0) is 15.0. The Labute approximate surface area is 126 Å². The minimum atomic E-state index is -0.435. The smallest absolute Gasteiger partial charge is 0.161 e. The van der Waals surface area contributed by atoms with E-state index in [1.165, 1.54) is 6.07 Å². The molecule has 0 radical (unpaired) electrons. The summed E-state index contributed by atoms with van der Waals surface area (Å²) in [4.78, 5) is 8.87. The summed E-state index contributed by atoms with van der Waals surface area (Å²) in [6.45, 7) is 3.84. The van der Waals surface area contributed by atoms with E-state index < -0.39 is 5.82 Å². The lowest BCUT2D eigenvalue weighted by atomic mass is 10.2.